The Hall–Kier alpha value is -2.03. The Morgan fingerprint density at radius 1 is 1.46 bits per heavy atom. The summed E-state index contributed by atoms with van der Waals surface area (Å²) in [7, 11) is 1.83. The van der Waals surface area contributed by atoms with E-state index in [2.05, 4.69) is 20.2 Å². The molecule has 0 radical (unpaired) electrons. The number of nitrogens with one attached hydrogen (secondary N) is 2. The lowest BCUT2D eigenvalue weighted by molar-refractivity contribution is 0.0984. The lowest BCUT2D eigenvalue weighted by atomic mass is 10.2. The molecule has 0 bridgehead atoms. The molecule has 0 aliphatic carbocycles. The zero-order chi connectivity index (χ0) is 17.3. The first-order chi connectivity index (χ1) is 11.4. The van der Waals surface area contributed by atoms with Gasteiger partial charge in [-0.3, -0.25) is 19.2 Å². The average Bonchev–Trinajstić information content (AvgIpc) is 3.10. The van der Waals surface area contributed by atoms with E-state index < -0.39 is 0 Å². The van der Waals surface area contributed by atoms with E-state index >= 15 is 0 Å². The predicted octanol–water partition coefficient (Wildman–Crippen LogP) is 2.44. The summed E-state index contributed by atoms with van der Waals surface area (Å²) in [6.07, 6.45) is 5.73. The van der Waals surface area contributed by atoms with Crippen LogP contribution in [0, 0.1) is 6.92 Å². The Balaban J connectivity index is 1.69. The van der Waals surface area contributed by atoms with E-state index in [0.29, 0.717) is 11.4 Å². The molecule has 2 aromatic heterocycles. The number of carbonyl (C=O) groups excluding carboxylic acids is 1. The van der Waals surface area contributed by atoms with Crippen LogP contribution in [0.15, 0.2) is 35.5 Å². The molecule has 1 atom stereocenters. The maximum absolute atomic E-state index is 12.3. The van der Waals surface area contributed by atoms with Gasteiger partial charge in [0.05, 0.1) is 16.2 Å². The quantitative estimate of drug-likeness (QED) is 0.641. The van der Waals surface area contributed by atoms with Crippen LogP contribution in [0.1, 0.15) is 23.0 Å². The van der Waals surface area contributed by atoms with E-state index in [0.717, 1.165) is 10.6 Å². The second-order valence-corrected chi connectivity index (χ2v) is 6.63. The summed E-state index contributed by atoms with van der Waals surface area (Å²) in [4.78, 5) is 17.5. The highest BCUT2D eigenvalue weighted by atomic mass is 35.5. The van der Waals surface area contributed by atoms with Crippen LogP contribution in [-0.2, 0) is 7.05 Å². The van der Waals surface area contributed by atoms with Crippen LogP contribution in [0.4, 0.5) is 5.82 Å². The number of amides is 1. The smallest absolute Gasteiger partial charge is 0.264 e. The van der Waals surface area contributed by atoms with Gasteiger partial charge in [-0.2, -0.15) is 5.10 Å². The van der Waals surface area contributed by atoms with Crippen molar-refractivity contribution in [3.63, 3.8) is 0 Å². The summed E-state index contributed by atoms with van der Waals surface area (Å²) in [5.74, 6) is 0.332. The molecule has 24 heavy (non-hydrogen) atoms. The van der Waals surface area contributed by atoms with E-state index in [-0.39, 0.29) is 17.1 Å². The maximum Gasteiger partial charge on any atom is 0.264 e. The summed E-state index contributed by atoms with van der Waals surface area (Å²) in [5.41, 5.74) is 4.36. The van der Waals surface area contributed by atoms with Crippen LogP contribution in [0.5, 0.6) is 0 Å². The van der Waals surface area contributed by atoms with Crippen molar-refractivity contribution in [3.05, 3.63) is 47.0 Å². The lowest BCUT2D eigenvalue weighted by Gasteiger charge is -2.17. The van der Waals surface area contributed by atoms with Gasteiger partial charge in [0.2, 0.25) is 0 Å². The fraction of sp³-hybridized carbons (Fsp3) is 0.267. The number of pyridine rings is 1. The Labute approximate surface area is 149 Å². The minimum absolute atomic E-state index is 0.156. The van der Waals surface area contributed by atoms with Gasteiger partial charge in [-0.15, -0.1) is 0 Å². The molecule has 1 unspecified atom stereocenters. The first kappa shape index (κ1) is 16.8. The monoisotopic (exact) mass is 364 g/mol. The molecule has 0 saturated heterocycles. The molecule has 0 saturated carbocycles. The summed E-state index contributed by atoms with van der Waals surface area (Å²) < 4.78 is 4.46. The van der Waals surface area contributed by atoms with Gasteiger partial charge in [0, 0.05) is 25.5 Å². The van der Waals surface area contributed by atoms with Gasteiger partial charge < -0.3 is 0 Å². The molecule has 0 spiro atoms. The zero-order valence-electron chi connectivity index (χ0n) is 13.4. The number of hydrogen-bond acceptors (Lipinski definition) is 6. The summed E-state index contributed by atoms with van der Waals surface area (Å²) >= 11 is 7.39. The van der Waals surface area contributed by atoms with Crippen molar-refractivity contribution in [2.24, 2.45) is 7.05 Å². The standard InChI is InChI=1S/C15H17ClN6OS/c1-9-6-7-22(18-9)13-5-4-11(14(16)17-13)15(23)20-24-12-8-21(3)19-10(12)2/h4-9,18H,1-3H3,(H,20,23). The summed E-state index contributed by atoms with van der Waals surface area (Å²) in [6, 6.07) is 3.64. The molecule has 0 aromatic carbocycles. The van der Waals surface area contributed by atoms with Gasteiger partial charge in [-0.1, -0.05) is 11.6 Å². The molecule has 126 valence electrons. The molecule has 1 aliphatic heterocycles. The first-order valence-corrected chi connectivity index (χ1v) is 8.51. The molecule has 3 rings (SSSR count). The normalized spacial score (nSPS) is 16.7. The number of anilines is 1. The van der Waals surface area contributed by atoms with Crippen molar-refractivity contribution in [2.45, 2.75) is 24.8 Å². The number of hydrazine groups is 1. The van der Waals surface area contributed by atoms with Gasteiger partial charge in [0.1, 0.15) is 11.0 Å². The minimum atomic E-state index is -0.300. The summed E-state index contributed by atoms with van der Waals surface area (Å²) in [6.45, 7) is 3.91. The van der Waals surface area contributed by atoms with Crippen molar-refractivity contribution in [1.82, 2.24) is 24.9 Å². The maximum atomic E-state index is 12.3. The molecular formula is C15H17ClN6OS. The number of rotatable bonds is 4. The van der Waals surface area contributed by atoms with Crippen LogP contribution in [0.3, 0.4) is 0 Å². The van der Waals surface area contributed by atoms with Crippen LogP contribution in [0.2, 0.25) is 5.15 Å². The lowest BCUT2D eigenvalue weighted by Crippen LogP contribution is -2.34. The number of halogens is 1. The number of aromatic nitrogens is 3. The van der Waals surface area contributed by atoms with Crippen molar-refractivity contribution in [1.29, 1.82) is 0 Å². The number of hydrogen-bond donors (Lipinski definition) is 2. The van der Waals surface area contributed by atoms with Crippen LogP contribution >= 0.6 is 23.5 Å². The molecule has 9 heteroatoms. The Morgan fingerprint density at radius 2 is 2.25 bits per heavy atom. The molecule has 2 N–H and O–H groups in total. The summed E-state index contributed by atoms with van der Waals surface area (Å²) in [5, 5.41) is 6.15. The van der Waals surface area contributed by atoms with E-state index in [1.807, 2.05) is 39.4 Å². The van der Waals surface area contributed by atoms with Gasteiger partial charge in [-0.25, -0.2) is 10.4 Å². The second-order valence-electron chi connectivity index (χ2n) is 5.42. The van der Waals surface area contributed by atoms with E-state index in [1.165, 1.54) is 11.9 Å². The van der Waals surface area contributed by atoms with Crippen molar-refractivity contribution >= 4 is 35.3 Å². The molecule has 7 nitrogen and oxygen atoms in total. The van der Waals surface area contributed by atoms with Crippen molar-refractivity contribution < 1.29 is 4.79 Å². The fourth-order valence-corrected chi connectivity index (χ4v) is 3.17. The minimum Gasteiger partial charge on any atom is -0.292 e. The fourth-order valence-electron chi connectivity index (χ4n) is 2.23. The van der Waals surface area contributed by atoms with Crippen LogP contribution in [0.25, 0.3) is 0 Å². The Morgan fingerprint density at radius 3 is 2.83 bits per heavy atom. The van der Waals surface area contributed by atoms with E-state index in [4.69, 9.17) is 11.6 Å². The van der Waals surface area contributed by atoms with Gasteiger partial charge >= 0.3 is 0 Å². The van der Waals surface area contributed by atoms with Crippen LogP contribution in [-0.4, -0.2) is 26.7 Å². The largest absolute Gasteiger partial charge is 0.292 e. The van der Waals surface area contributed by atoms with Crippen molar-refractivity contribution in [2.75, 3.05) is 5.01 Å². The average molecular weight is 365 g/mol. The number of carbonyl (C=O) groups is 1. The molecule has 1 aliphatic rings. The number of nitrogens with zero attached hydrogens (tertiary/aromatic N) is 4. The Bertz CT molecular complexity index is 805. The molecular weight excluding hydrogens is 348 g/mol. The number of aryl methyl sites for hydroxylation is 2. The van der Waals surface area contributed by atoms with E-state index in [1.54, 1.807) is 21.8 Å². The molecule has 0 fully saturated rings. The van der Waals surface area contributed by atoms with Gasteiger partial charge in [0.25, 0.3) is 5.91 Å². The first-order valence-electron chi connectivity index (χ1n) is 7.32. The molecule has 1 amide bonds. The SMILES string of the molecule is Cc1nn(C)cc1SNC(=O)c1ccc(N2C=CC(C)N2)nc1Cl. The van der Waals surface area contributed by atoms with Gasteiger partial charge in [-0.05, 0) is 44.0 Å². The van der Waals surface area contributed by atoms with Crippen molar-refractivity contribution in [3.8, 4) is 0 Å². The highest BCUT2D eigenvalue weighted by Crippen LogP contribution is 2.23. The topological polar surface area (TPSA) is 75.1 Å². The third-order valence-electron chi connectivity index (χ3n) is 3.41. The molecule has 2 aromatic rings. The highest BCUT2D eigenvalue weighted by molar-refractivity contribution is 7.98. The Kier molecular flexibility index (Phi) is 4.79. The molecule has 3 heterocycles. The van der Waals surface area contributed by atoms with Gasteiger partial charge in [0.15, 0.2) is 0 Å². The van der Waals surface area contributed by atoms with Crippen LogP contribution < -0.4 is 15.2 Å². The third kappa shape index (κ3) is 3.55. The zero-order valence-corrected chi connectivity index (χ0v) is 15.0. The third-order valence-corrected chi connectivity index (χ3v) is 4.61. The second kappa shape index (κ2) is 6.84. The predicted molar refractivity (Wildman–Crippen MR) is 94.7 cm³/mol. The highest BCUT2D eigenvalue weighted by Gasteiger charge is 2.18. The van der Waals surface area contributed by atoms with E-state index in [9.17, 15) is 4.79 Å².